The fourth-order valence-corrected chi connectivity index (χ4v) is 2.46. The molecular weight excluding hydrogens is 300 g/mol. The molecule has 3 nitrogen and oxygen atoms in total. The van der Waals surface area contributed by atoms with Gasteiger partial charge in [0.25, 0.3) is 0 Å². The van der Waals surface area contributed by atoms with E-state index < -0.39 is 6.16 Å². The molecule has 0 spiro atoms. The molecule has 24 heavy (non-hydrogen) atoms. The van der Waals surface area contributed by atoms with Crippen LogP contribution in [-0.2, 0) is 22.3 Å². The summed E-state index contributed by atoms with van der Waals surface area (Å²) in [6.07, 6.45) is 6.60. The third kappa shape index (κ3) is 6.69. The number of aryl methyl sites for hydroxylation is 2. The van der Waals surface area contributed by atoms with Crippen LogP contribution in [0.25, 0.3) is 0 Å². The number of hydrogen-bond acceptors (Lipinski definition) is 3. The average molecular weight is 324 g/mol. The van der Waals surface area contributed by atoms with Crippen LogP contribution in [0.1, 0.15) is 24.0 Å². The predicted molar refractivity (Wildman–Crippen MR) is 95.9 cm³/mol. The van der Waals surface area contributed by atoms with Crippen LogP contribution in [-0.4, -0.2) is 19.4 Å². The largest absolute Gasteiger partial charge is 0.508 e. The maximum Gasteiger partial charge on any atom is 0.508 e. The molecule has 2 rings (SSSR count). The summed E-state index contributed by atoms with van der Waals surface area (Å²) in [5.74, 6) is 0. The van der Waals surface area contributed by atoms with Gasteiger partial charge in [-0.25, -0.2) is 4.79 Å². The van der Waals surface area contributed by atoms with Crippen molar-refractivity contribution in [3.05, 3.63) is 83.9 Å². The third-order valence-electron chi connectivity index (χ3n) is 3.77. The Hall–Kier alpha value is -2.55. The average Bonchev–Trinajstić information content (AvgIpc) is 2.64. The highest BCUT2D eigenvalue weighted by Gasteiger charge is 2.11. The molecule has 0 saturated heterocycles. The Bertz CT molecular complexity index is 620. The van der Waals surface area contributed by atoms with Crippen molar-refractivity contribution in [3.63, 3.8) is 0 Å². The van der Waals surface area contributed by atoms with E-state index in [1.165, 1.54) is 18.2 Å². The second kappa shape index (κ2) is 10.3. The first-order valence-corrected chi connectivity index (χ1v) is 8.27. The normalized spacial score (nSPS) is 12.0. The molecule has 0 aromatic heterocycles. The lowest BCUT2D eigenvalue weighted by molar-refractivity contribution is 0.0500. The molecule has 1 unspecified atom stereocenters. The number of rotatable bonds is 8. The molecule has 0 radical (unpaired) electrons. The first-order valence-electron chi connectivity index (χ1n) is 8.27. The van der Waals surface area contributed by atoms with Crippen molar-refractivity contribution < 1.29 is 14.3 Å². The van der Waals surface area contributed by atoms with Gasteiger partial charge in [-0.15, -0.1) is 0 Å². The van der Waals surface area contributed by atoms with E-state index in [0.29, 0.717) is 0 Å². The van der Waals surface area contributed by atoms with E-state index >= 15 is 0 Å². The van der Waals surface area contributed by atoms with Crippen molar-refractivity contribution in [1.82, 2.24) is 0 Å². The Labute approximate surface area is 143 Å². The highest BCUT2D eigenvalue weighted by atomic mass is 16.7. The van der Waals surface area contributed by atoms with E-state index in [1.807, 2.05) is 42.5 Å². The van der Waals surface area contributed by atoms with Gasteiger partial charge < -0.3 is 9.47 Å². The van der Waals surface area contributed by atoms with E-state index in [9.17, 15) is 4.79 Å². The van der Waals surface area contributed by atoms with E-state index in [-0.39, 0.29) is 6.10 Å². The Kier molecular flexibility index (Phi) is 7.61. The molecule has 2 aromatic rings. The Morgan fingerprint density at radius 3 is 2.12 bits per heavy atom. The van der Waals surface area contributed by atoms with Crippen LogP contribution >= 0.6 is 0 Å². The van der Waals surface area contributed by atoms with Gasteiger partial charge in [-0.3, -0.25) is 0 Å². The minimum atomic E-state index is -0.638. The zero-order chi connectivity index (χ0) is 17.0. The number of allylic oxidation sites excluding steroid dienone is 1. The highest BCUT2D eigenvalue weighted by molar-refractivity contribution is 5.60. The summed E-state index contributed by atoms with van der Waals surface area (Å²) >= 11 is 0. The quantitative estimate of drug-likeness (QED) is 0.508. The van der Waals surface area contributed by atoms with Crippen LogP contribution in [0.5, 0.6) is 0 Å². The van der Waals surface area contributed by atoms with Crippen LogP contribution < -0.4 is 0 Å². The molecule has 0 aliphatic heterocycles. The molecule has 0 N–H and O–H groups in total. The molecule has 0 heterocycles. The van der Waals surface area contributed by atoms with Crippen LogP contribution in [0.3, 0.4) is 0 Å². The SMILES string of the molecule is COC(=O)OC(/C=C/CCc1ccccc1)CCc1ccccc1. The fourth-order valence-electron chi connectivity index (χ4n) is 2.46. The van der Waals surface area contributed by atoms with Crippen molar-refractivity contribution in [3.8, 4) is 0 Å². The van der Waals surface area contributed by atoms with Crippen molar-refractivity contribution in [2.45, 2.75) is 31.8 Å². The minimum Gasteiger partial charge on any atom is -0.438 e. The second-order valence-electron chi connectivity index (χ2n) is 5.59. The third-order valence-corrected chi connectivity index (χ3v) is 3.77. The summed E-state index contributed by atoms with van der Waals surface area (Å²) in [4.78, 5) is 11.4. The number of methoxy groups -OCH3 is 1. The minimum absolute atomic E-state index is 0.270. The number of carbonyl (C=O) groups excluding carboxylic acids is 1. The molecule has 0 aliphatic rings. The Balaban J connectivity index is 1.85. The Morgan fingerprint density at radius 2 is 1.54 bits per heavy atom. The lowest BCUT2D eigenvalue weighted by Crippen LogP contribution is -2.17. The van der Waals surface area contributed by atoms with Crippen LogP contribution in [0, 0.1) is 0 Å². The first kappa shape index (κ1) is 17.8. The molecule has 3 heteroatoms. The lowest BCUT2D eigenvalue weighted by Gasteiger charge is -2.13. The summed E-state index contributed by atoms with van der Waals surface area (Å²) in [7, 11) is 1.33. The molecule has 0 bridgehead atoms. The zero-order valence-corrected chi connectivity index (χ0v) is 14.1. The van der Waals surface area contributed by atoms with E-state index in [0.717, 1.165) is 25.7 Å². The van der Waals surface area contributed by atoms with Crippen molar-refractivity contribution in [1.29, 1.82) is 0 Å². The number of carbonyl (C=O) groups is 1. The van der Waals surface area contributed by atoms with E-state index in [4.69, 9.17) is 4.74 Å². The van der Waals surface area contributed by atoms with E-state index in [2.05, 4.69) is 35.1 Å². The van der Waals surface area contributed by atoms with Gasteiger partial charge >= 0.3 is 6.16 Å². The number of benzene rings is 2. The fraction of sp³-hybridized carbons (Fsp3) is 0.286. The predicted octanol–water partition coefficient (Wildman–Crippen LogP) is 4.96. The molecule has 1 atom stereocenters. The van der Waals surface area contributed by atoms with Gasteiger partial charge in [0.05, 0.1) is 7.11 Å². The monoisotopic (exact) mass is 324 g/mol. The molecular formula is C21H24O3. The Morgan fingerprint density at radius 1 is 0.958 bits per heavy atom. The van der Waals surface area contributed by atoms with Crippen LogP contribution in [0.4, 0.5) is 4.79 Å². The molecule has 126 valence electrons. The molecule has 0 saturated carbocycles. The summed E-state index contributed by atoms with van der Waals surface area (Å²) in [6, 6.07) is 20.5. The maximum absolute atomic E-state index is 11.4. The lowest BCUT2D eigenvalue weighted by atomic mass is 10.1. The highest BCUT2D eigenvalue weighted by Crippen LogP contribution is 2.11. The van der Waals surface area contributed by atoms with Crippen molar-refractivity contribution in [2.24, 2.45) is 0 Å². The van der Waals surface area contributed by atoms with Gasteiger partial charge in [0.2, 0.25) is 0 Å². The van der Waals surface area contributed by atoms with Crippen molar-refractivity contribution in [2.75, 3.05) is 7.11 Å². The summed E-state index contributed by atoms with van der Waals surface area (Å²) in [5.41, 5.74) is 2.53. The van der Waals surface area contributed by atoms with E-state index in [1.54, 1.807) is 0 Å². The molecule has 0 amide bonds. The second-order valence-corrected chi connectivity index (χ2v) is 5.59. The number of ether oxygens (including phenoxy) is 2. The summed E-state index contributed by atoms with van der Waals surface area (Å²) < 4.78 is 9.94. The smallest absolute Gasteiger partial charge is 0.438 e. The van der Waals surface area contributed by atoms with Gasteiger partial charge in [-0.1, -0.05) is 66.7 Å². The van der Waals surface area contributed by atoms with Crippen LogP contribution in [0.2, 0.25) is 0 Å². The molecule has 2 aromatic carbocycles. The van der Waals surface area contributed by atoms with Gasteiger partial charge in [-0.05, 0) is 42.9 Å². The number of hydrogen-bond donors (Lipinski definition) is 0. The maximum atomic E-state index is 11.4. The first-order chi connectivity index (χ1) is 11.8. The van der Waals surface area contributed by atoms with Crippen molar-refractivity contribution >= 4 is 6.16 Å². The standard InChI is InChI=1S/C21H24O3/c1-23-21(22)24-20(17-16-19-12-6-3-7-13-19)15-9-8-14-18-10-4-2-5-11-18/h2-7,9-13,15,20H,8,14,16-17H2,1H3/b15-9+. The summed E-state index contributed by atoms with van der Waals surface area (Å²) in [6.45, 7) is 0. The molecule has 0 aliphatic carbocycles. The van der Waals surface area contributed by atoms with Gasteiger partial charge in [0.1, 0.15) is 6.10 Å². The van der Waals surface area contributed by atoms with Gasteiger partial charge in [0.15, 0.2) is 0 Å². The van der Waals surface area contributed by atoms with Gasteiger partial charge in [-0.2, -0.15) is 0 Å². The summed E-state index contributed by atoms with van der Waals surface area (Å²) in [5, 5.41) is 0. The van der Waals surface area contributed by atoms with Gasteiger partial charge in [0, 0.05) is 0 Å². The van der Waals surface area contributed by atoms with Crippen LogP contribution in [0.15, 0.2) is 72.8 Å². The topological polar surface area (TPSA) is 35.5 Å². The molecule has 0 fully saturated rings. The zero-order valence-electron chi connectivity index (χ0n) is 14.1.